The minimum atomic E-state index is -0.479. The van der Waals surface area contributed by atoms with Crippen molar-refractivity contribution in [1.82, 2.24) is 5.01 Å². The zero-order valence-corrected chi connectivity index (χ0v) is 23.0. The van der Waals surface area contributed by atoms with Gasteiger partial charge in [-0.2, -0.15) is 15.1 Å². The summed E-state index contributed by atoms with van der Waals surface area (Å²) < 4.78 is 11.4. The van der Waals surface area contributed by atoms with E-state index in [0.717, 1.165) is 21.8 Å². The van der Waals surface area contributed by atoms with E-state index < -0.39 is 5.91 Å². The molecule has 0 atom stereocenters. The number of fused-ring (bicyclic) bond motifs is 1. The fourth-order valence-corrected chi connectivity index (χ4v) is 5.46. The van der Waals surface area contributed by atoms with E-state index in [1.807, 2.05) is 61.5 Å². The first-order valence-electron chi connectivity index (χ1n) is 11.7. The van der Waals surface area contributed by atoms with Crippen molar-refractivity contribution in [3.05, 3.63) is 94.0 Å². The highest BCUT2D eigenvalue weighted by Gasteiger charge is 2.36. The molecule has 0 unspecified atom stereocenters. The molecular formula is C28H23ClN4O3S2. The minimum Gasteiger partial charge on any atom is -0.493 e. The van der Waals surface area contributed by atoms with Crippen molar-refractivity contribution >= 4 is 63.2 Å². The number of aryl methyl sites for hydroxylation is 1. The van der Waals surface area contributed by atoms with Crippen LogP contribution < -0.4 is 9.47 Å². The van der Waals surface area contributed by atoms with Crippen LogP contribution in [0.25, 0.3) is 6.08 Å². The molecule has 2 aliphatic heterocycles. The van der Waals surface area contributed by atoms with Gasteiger partial charge >= 0.3 is 0 Å². The SMILES string of the molecule is COc1cc(C=C2C(=N)N3N=C(c4ccc(C)cc4)SC3=NC2=O)ccc1OCCSc1ccc(Cl)cc1. The molecule has 0 radical (unpaired) electrons. The van der Waals surface area contributed by atoms with E-state index in [-0.39, 0.29) is 11.4 Å². The number of nitrogens with one attached hydrogen (secondary N) is 1. The molecule has 1 amide bonds. The Balaban J connectivity index is 1.28. The summed E-state index contributed by atoms with van der Waals surface area (Å²) in [5.41, 5.74) is 2.89. The van der Waals surface area contributed by atoms with Gasteiger partial charge in [-0.15, -0.1) is 11.8 Å². The molecule has 1 N–H and O–H groups in total. The van der Waals surface area contributed by atoms with Crippen molar-refractivity contribution in [2.24, 2.45) is 10.1 Å². The summed E-state index contributed by atoms with van der Waals surface area (Å²) >= 11 is 8.89. The van der Waals surface area contributed by atoms with Crippen LogP contribution in [0.1, 0.15) is 16.7 Å². The molecule has 0 aliphatic carbocycles. The summed E-state index contributed by atoms with van der Waals surface area (Å²) in [6.07, 6.45) is 1.62. The van der Waals surface area contributed by atoms with Crippen LogP contribution in [0.15, 0.2) is 87.3 Å². The zero-order valence-electron chi connectivity index (χ0n) is 20.6. The zero-order chi connectivity index (χ0) is 26.6. The lowest BCUT2D eigenvalue weighted by atomic mass is 10.1. The predicted octanol–water partition coefficient (Wildman–Crippen LogP) is 6.50. The molecule has 0 saturated heterocycles. The first kappa shape index (κ1) is 26.1. The Morgan fingerprint density at radius 2 is 1.84 bits per heavy atom. The molecule has 0 saturated carbocycles. The quantitative estimate of drug-likeness (QED) is 0.192. The van der Waals surface area contributed by atoms with Crippen molar-refractivity contribution < 1.29 is 14.3 Å². The first-order valence-corrected chi connectivity index (χ1v) is 13.9. The lowest BCUT2D eigenvalue weighted by Gasteiger charge is -2.20. The number of hydrogen-bond donors (Lipinski definition) is 1. The Morgan fingerprint density at radius 1 is 1.08 bits per heavy atom. The normalized spacial score (nSPS) is 15.9. The number of hydrazone groups is 1. The number of aliphatic imine (C=N–C) groups is 1. The number of nitrogens with zero attached hydrogens (tertiary/aromatic N) is 3. The van der Waals surface area contributed by atoms with Crippen molar-refractivity contribution in [3.8, 4) is 11.5 Å². The van der Waals surface area contributed by atoms with E-state index in [9.17, 15) is 4.79 Å². The van der Waals surface area contributed by atoms with Crippen LogP contribution in [-0.4, -0.2) is 46.4 Å². The van der Waals surface area contributed by atoms with Crippen LogP contribution in [-0.2, 0) is 4.79 Å². The molecule has 2 aliphatic rings. The number of carbonyl (C=O) groups is 1. The Bertz CT molecular complexity index is 1480. The maximum Gasteiger partial charge on any atom is 0.283 e. The lowest BCUT2D eigenvalue weighted by molar-refractivity contribution is -0.114. The molecule has 192 valence electrons. The number of thioether (sulfide) groups is 2. The van der Waals surface area contributed by atoms with Gasteiger partial charge in [-0.3, -0.25) is 10.2 Å². The van der Waals surface area contributed by atoms with E-state index in [2.05, 4.69) is 10.1 Å². The van der Waals surface area contributed by atoms with Crippen LogP contribution in [0.4, 0.5) is 0 Å². The Hall–Kier alpha value is -3.53. The van der Waals surface area contributed by atoms with Gasteiger partial charge < -0.3 is 9.47 Å². The van der Waals surface area contributed by atoms with Crippen molar-refractivity contribution in [3.63, 3.8) is 0 Å². The number of amides is 1. The Morgan fingerprint density at radius 3 is 2.58 bits per heavy atom. The van der Waals surface area contributed by atoms with E-state index in [1.165, 1.54) is 16.8 Å². The second-order valence-electron chi connectivity index (χ2n) is 8.35. The third kappa shape index (κ3) is 5.80. The number of methoxy groups -OCH3 is 1. The molecule has 0 fully saturated rings. The standard InChI is InChI=1S/C28H23ClN4O3S2/c1-17-3-6-19(7-4-17)27-32-33-25(30)22(26(34)31-28(33)38-27)15-18-5-12-23(24(16-18)35-2)36-13-14-37-21-10-8-20(29)9-11-21/h3-12,15-16,30H,13-14H2,1-2H3. The highest BCUT2D eigenvalue weighted by atomic mass is 35.5. The second-order valence-corrected chi connectivity index (χ2v) is 10.9. The van der Waals surface area contributed by atoms with E-state index in [0.29, 0.717) is 38.9 Å². The van der Waals surface area contributed by atoms with E-state index in [4.69, 9.17) is 26.5 Å². The van der Waals surface area contributed by atoms with Crippen LogP contribution in [0.5, 0.6) is 11.5 Å². The van der Waals surface area contributed by atoms with Gasteiger partial charge in [0.2, 0.25) is 5.17 Å². The van der Waals surface area contributed by atoms with Crippen molar-refractivity contribution in [2.45, 2.75) is 11.8 Å². The molecule has 0 spiro atoms. The van der Waals surface area contributed by atoms with Gasteiger partial charge in [-0.25, -0.2) is 0 Å². The molecule has 3 aromatic rings. The molecule has 10 heteroatoms. The Kier molecular flexibility index (Phi) is 7.87. The van der Waals surface area contributed by atoms with Crippen LogP contribution in [0, 0.1) is 12.3 Å². The monoisotopic (exact) mass is 562 g/mol. The molecule has 7 nitrogen and oxygen atoms in total. The fourth-order valence-electron chi connectivity index (χ4n) is 3.71. The van der Waals surface area contributed by atoms with Gasteiger partial charge in [-0.1, -0.05) is 47.5 Å². The Labute approximate surface area is 234 Å². The topological polar surface area (TPSA) is 87.3 Å². The number of hydrogen-bond acceptors (Lipinski definition) is 7. The number of benzene rings is 3. The fraction of sp³-hybridized carbons (Fsp3) is 0.143. The molecule has 38 heavy (non-hydrogen) atoms. The van der Waals surface area contributed by atoms with Crippen LogP contribution in [0.3, 0.4) is 0 Å². The highest BCUT2D eigenvalue weighted by molar-refractivity contribution is 8.27. The first-order chi connectivity index (χ1) is 18.4. The number of ether oxygens (including phenoxy) is 2. The summed E-state index contributed by atoms with van der Waals surface area (Å²) in [6.45, 7) is 2.50. The van der Waals surface area contributed by atoms with Crippen LogP contribution >= 0.6 is 35.1 Å². The summed E-state index contributed by atoms with van der Waals surface area (Å²) in [4.78, 5) is 18.1. The van der Waals surface area contributed by atoms with Gasteiger partial charge in [0.1, 0.15) is 5.04 Å². The lowest BCUT2D eigenvalue weighted by Crippen LogP contribution is -2.35. The van der Waals surface area contributed by atoms with E-state index in [1.54, 1.807) is 37.1 Å². The summed E-state index contributed by atoms with van der Waals surface area (Å²) in [6, 6.07) is 21.0. The molecular weight excluding hydrogens is 540 g/mol. The van der Waals surface area contributed by atoms with Gasteiger partial charge in [-0.05, 0) is 66.7 Å². The van der Waals surface area contributed by atoms with E-state index >= 15 is 0 Å². The van der Waals surface area contributed by atoms with Gasteiger partial charge in [0.15, 0.2) is 17.3 Å². The number of halogens is 1. The minimum absolute atomic E-state index is 0.0203. The predicted molar refractivity (Wildman–Crippen MR) is 156 cm³/mol. The third-order valence-electron chi connectivity index (χ3n) is 5.67. The van der Waals surface area contributed by atoms with Crippen molar-refractivity contribution in [2.75, 3.05) is 19.5 Å². The van der Waals surface area contributed by atoms with Crippen LogP contribution in [0.2, 0.25) is 5.02 Å². The van der Waals surface area contributed by atoms with Gasteiger partial charge in [0, 0.05) is 21.2 Å². The number of amidine groups is 2. The van der Waals surface area contributed by atoms with Crippen molar-refractivity contribution in [1.29, 1.82) is 5.41 Å². The molecule has 5 rings (SSSR count). The molecule has 0 bridgehead atoms. The molecule has 3 aromatic carbocycles. The average molecular weight is 563 g/mol. The number of carbonyl (C=O) groups excluding carboxylic acids is 1. The highest BCUT2D eigenvalue weighted by Crippen LogP contribution is 2.33. The van der Waals surface area contributed by atoms with Gasteiger partial charge in [0.05, 0.1) is 19.3 Å². The molecule has 2 heterocycles. The summed E-state index contributed by atoms with van der Waals surface area (Å²) in [5.74, 6) is 1.38. The van der Waals surface area contributed by atoms with Gasteiger partial charge in [0.25, 0.3) is 5.91 Å². The smallest absolute Gasteiger partial charge is 0.283 e. The summed E-state index contributed by atoms with van der Waals surface area (Å²) in [7, 11) is 1.56. The maximum absolute atomic E-state index is 12.8. The summed E-state index contributed by atoms with van der Waals surface area (Å²) in [5, 5.41) is 16.4. The largest absolute Gasteiger partial charge is 0.493 e. The third-order valence-corrected chi connectivity index (χ3v) is 7.86. The average Bonchev–Trinajstić information content (AvgIpc) is 3.35. The second kappa shape index (κ2) is 11.5. The maximum atomic E-state index is 12.8. The molecule has 0 aromatic heterocycles. The number of rotatable bonds is 8.